The molecule has 0 atom stereocenters. The molecule has 0 saturated carbocycles. The molecule has 214 valence electrons. The van der Waals surface area contributed by atoms with Crippen LogP contribution >= 0.6 is 0 Å². The lowest BCUT2D eigenvalue weighted by molar-refractivity contribution is 0.669. The first-order valence-electron chi connectivity index (χ1n) is 17.5. The van der Waals surface area contributed by atoms with E-state index in [0.29, 0.717) is 22.3 Å². The molecule has 0 unspecified atom stereocenters. The molecular formula is C40H23N5O. The van der Waals surface area contributed by atoms with Crippen LogP contribution in [0, 0.1) is 11.3 Å². The van der Waals surface area contributed by atoms with Crippen LogP contribution in [-0.4, -0.2) is 19.5 Å². The molecule has 3 heterocycles. The molecule has 0 bridgehead atoms. The van der Waals surface area contributed by atoms with Crippen molar-refractivity contribution in [3.8, 4) is 45.9 Å². The Balaban J connectivity index is 1.33. The third-order valence-corrected chi connectivity index (χ3v) is 8.09. The molecule has 0 aliphatic heterocycles. The summed E-state index contributed by atoms with van der Waals surface area (Å²) in [5.74, 6) is 0.560. The summed E-state index contributed by atoms with van der Waals surface area (Å²) in [6.07, 6.45) is 0. The SMILES string of the molecule is [2H]c1cc([2H])c2c(c1[2H])c1c([2H])c([2H])cc([2H])c1n2-c1nc(-c2ccc(-c3ccccc3C#N)cc2)nc(-c2ccc3c(c2)oc2ccccc23)n1. The fourth-order valence-corrected chi connectivity index (χ4v) is 5.93. The molecule has 6 nitrogen and oxygen atoms in total. The van der Waals surface area contributed by atoms with Gasteiger partial charge in [0.25, 0.3) is 0 Å². The quantitative estimate of drug-likeness (QED) is 0.202. The predicted molar refractivity (Wildman–Crippen MR) is 182 cm³/mol. The van der Waals surface area contributed by atoms with Gasteiger partial charge in [-0.15, -0.1) is 0 Å². The normalized spacial score (nSPS) is 13.3. The Kier molecular flexibility index (Phi) is 4.55. The van der Waals surface area contributed by atoms with Crippen molar-refractivity contribution in [2.45, 2.75) is 0 Å². The van der Waals surface area contributed by atoms with Crippen LogP contribution in [0.4, 0.5) is 0 Å². The van der Waals surface area contributed by atoms with Crippen LogP contribution in [0.15, 0.2) is 144 Å². The summed E-state index contributed by atoms with van der Waals surface area (Å²) < 4.78 is 59.9. The molecule has 0 amide bonds. The number of nitriles is 1. The number of rotatable bonds is 4. The zero-order valence-electron chi connectivity index (χ0n) is 30.0. The van der Waals surface area contributed by atoms with Crippen LogP contribution < -0.4 is 0 Å². The number of benzene rings is 6. The molecule has 3 aromatic heterocycles. The van der Waals surface area contributed by atoms with Gasteiger partial charge in [-0.05, 0) is 47.5 Å². The zero-order chi connectivity index (χ0) is 35.8. The second kappa shape index (κ2) is 10.3. The highest BCUT2D eigenvalue weighted by Gasteiger charge is 2.18. The van der Waals surface area contributed by atoms with Gasteiger partial charge < -0.3 is 4.42 Å². The molecule has 0 N–H and O–H groups in total. The minimum atomic E-state index is -0.230. The lowest BCUT2D eigenvalue weighted by Crippen LogP contribution is -2.06. The Labute approximate surface area is 271 Å². The number of hydrogen-bond donors (Lipinski definition) is 0. The van der Waals surface area contributed by atoms with E-state index in [1.165, 1.54) is 16.7 Å². The molecule has 46 heavy (non-hydrogen) atoms. The highest BCUT2D eigenvalue weighted by Crippen LogP contribution is 2.35. The maximum absolute atomic E-state index is 9.68. The van der Waals surface area contributed by atoms with E-state index < -0.39 is 0 Å². The average molecular weight is 596 g/mol. The van der Waals surface area contributed by atoms with Crippen molar-refractivity contribution in [3.63, 3.8) is 0 Å². The van der Waals surface area contributed by atoms with E-state index in [1.807, 2.05) is 84.9 Å². The molecule has 0 spiro atoms. The first kappa shape index (κ1) is 20.4. The van der Waals surface area contributed by atoms with Crippen molar-refractivity contribution < 1.29 is 12.6 Å². The van der Waals surface area contributed by atoms with Crippen LogP contribution in [0.3, 0.4) is 0 Å². The number of nitrogens with zero attached hydrogens (tertiary/aromatic N) is 5. The van der Waals surface area contributed by atoms with Crippen molar-refractivity contribution >= 4 is 43.7 Å². The van der Waals surface area contributed by atoms with E-state index in [9.17, 15) is 5.26 Å². The van der Waals surface area contributed by atoms with E-state index in [1.54, 1.807) is 6.07 Å². The van der Waals surface area contributed by atoms with Crippen molar-refractivity contribution in [2.75, 3.05) is 0 Å². The third kappa shape index (κ3) is 4.07. The number of para-hydroxylation sites is 3. The van der Waals surface area contributed by atoms with E-state index in [2.05, 4.69) is 6.07 Å². The molecule has 9 aromatic rings. The smallest absolute Gasteiger partial charge is 0.238 e. The van der Waals surface area contributed by atoms with E-state index in [4.69, 9.17) is 27.6 Å². The molecular weight excluding hydrogens is 566 g/mol. The Morgan fingerprint density at radius 2 is 1.22 bits per heavy atom. The summed E-state index contributed by atoms with van der Waals surface area (Å²) in [7, 11) is 0. The summed E-state index contributed by atoms with van der Waals surface area (Å²) in [5, 5.41) is 11.8. The maximum atomic E-state index is 9.68. The van der Waals surface area contributed by atoms with Crippen LogP contribution in [0.1, 0.15) is 13.8 Å². The minimum absolute atomic E-state index is 0.0277. The minimum Gasteiger partial charge on any atom is -0.456 e. The highest BCUT2D eigenvalue weighted by molar-refractivity contribution is 6.09. The second-order valence-corrected chi connectivity index (χ2v) is 10.7. The van der Waals surface area contributed by atoms with Crippen LogP contribution in [0.25, 0.3) is 83.6 Å². The van der Waals surface area contributed by atoms with Gasteiger partial charge in [-0.25, -0.2) is 4.98 Å². The summed E-state index contributed by atoms with van der Waals surface area (Å²) in [5.41, 5.74) is 5.03. The molecule has 0 aliphatic rings. The summed E-state index contributed by atoms with van der Waals surface area (Å²) in [4.78, 5) is 14.7. The van der Waals surface area contributed by atoms with Gasteiger partial charge in [-0.3, -0.25) is 4.57 Å². The van der Waals surface area contributed by atoms with Gasteiger partial charge >= 0.3 is 0 Å². The summed E-state index contributed by atoms with van der Waals surface area (Å²) in [6.45, 7) is 0. The van der Waals surface area contributed by atoms with Gasteiger partial charge in [0.2, 0.25) is 5.95 Å². The Morgan fingerprint density at radius 1 is 0.587 bits per heavy atom. The van der Waals surface area contributed by atoms with Crippen molar-refractivity contribution in [1.82, 2.24) is 19.5 Å². The Bertz CT molecular complexity index is 2930. The summed E-state index contributed by atoms with van der Waals surface area (Å²) >= 11 is 0. The van der Waals surface area contributed by atoms with Gasteiger partial charge in [-0.2, -0.15) is 15.2 Å². The van der Waals surface area contributed by atoms with Gasteiger partial charge in [0, 0.05) is 32.7 Å². The molecule has 0 aliphatic carbocycles. The highest BCUT2D eigenvalue weighted by atomic mass is 16.3. The van der Waals surface area contributed by atoms with Gasteiger partial charge in [-0.1, -0.05) is 103 Å². The van der Waals surface area contributed by atoms with Gasteiger partial charge in [0.1, 0.15) is 11.2 Å². The fourth-order valence-electron chi connectivity index (χ4n) is 5.93. The first-order valence-corrected chi connectivity index (χ1v) is 14.5. The molecule has 0 fully saturated rings. The first-order chi connectivity index (χ1) is 25.2. The van der Waals surface area contributed by atoms with Gasteiger partial charge in [0.15, 0.2) is 11.6 Å². The topological polar surface area (TPSA) is 80.5 Å². The van der Waals surface area contributed by atoms with Gasteiger partial charge in [0.05, 0.1) is 30.9 Å². The van der Waals surface area contributed by atoms with E-state index in [-0.39, 0.29) is 75.7 Å². The second-order valence-electron chi connectivity index (χ2n) is 10.7. The molecule has 0 saturated heterocycles. The standard InChI is InChI=1S/C40H23N5O/c41-24-28-9-1-2-10-29(28)25-17-19-26(20-18-25)38-42-39(27-21-22-33-32-13-5-8-16-36(32)46-37(33)23-27)44-40(43-38)45-34-14-6-3-11-30(34)31-12-4-7-15-35(31)45/h1-23H/i3D,4D,11D,12D,14D,15D. The number of furan rings is 1. The van der Waals surface area contributed by atoms with Crippen molar-refractivity contribution in [1.29, 1.82) is 5.26 Å². The molecule has 6 heteroatoms. The number of hydrogen-bond acceptors (Lipinski definition) is 5. The van der Waals surface area contributed by atoms with Crippen LogP contribution in [0.2, 0.25) is 0 Å². The lowest BCUT2D eigenvalue weighted by Gasteiger charge is -2.11. The third-order valence-electron chi connectivity index (χ3n) is 8.09. The maximum Gasteiger partial charge on any atom is 0.238 e. The lowest BCUT2D eigenvalue weighted by atomic mass is 9.99. The van der Waals surface area contributed by atoms with Crippen LogP contribution in [-0.2, 0) is 0 Å². The largest absolute Gasteiger partial charge is 0.456 e. The monoisotopic (exact) mass is 595 g/mol. The van der Waals surface area contributed by atoms with Crippen LogP contribution in [0.5, 0.6) is 0 Å². The van der Waals surface area contributed by atoms with Crippen molar-refractivity contribution in [3.05, 3.63) is 145 Å². The Morgan fingerprint density at radius 3 is 1.98 bits per heavy atom. The number of aromatic nitrogens is 4. The molecule has 6 aromatic carbocycles. The Hall–Kier alpha value is -6.58. The fraction of sp³-hybridized carbons (Fsp3) is 0. The van der Waals surface area contributed by atoms with Crippen molar-refractivity contribution in [2.24, 2.45) is 0 Å². The zero-order valence-corrected chi connectivity index (χ0v) is 24.0. The van der Waals surface area contributed by atoms with E-state index >= 15 is 0 Å². The predicted octanol–water partition coefficient (Wildman–Crippen LogP) is 9.74. The summed E-state index contributed by atoms with van der Waals surface area (Å²) in [6, 6.07) is 31.8. The molecule has 9 rings (SSSR count). The van der Waals surface area contributed by atoms with E-state index in [0.717, 1.165) is 27.5 Å². The molecule has 0 radical (unpaired) electrons. The average Bonchev–Trinajstić information content (AvgIpc) is 3.73. The number of fused-ring (bicyclic) bond motifs is 6.